The van der Waals surface area contributed by atoms with Crippen LogP contribution >= 0.6 is 0 Å². The van der Waals surface area contributed by atoms with Gasteiger partial charge in [0.15, 0.2) is 18.1 Å². The van der Waals surface area contributed by atoms with E-state index < -0.39 is 5.97 Å². The maximum Gasteiger partial charge on any atom is 0.342 e. The fourth-order valence-electron chi connectivity index (χ4n) is 3.18. The molecule has 1 aromatic rings. The molecular formula is C19H27NO6. The van der Waals surface area contributed by atoms with Crippen LogP contribution in [0.3, 0.4) is 0 Å². The minimum Gasteiger partial charge on any atom is -0.496 e. The molecule has 7 nitrogen and oxygen atoms in total. The third-order valence-electron chi connectivity index (χ3n) is 4.72. The maximum atomic E-state index is 12.4. The third-order valence-corrected chi connectivity index (χ3v) is 4.72. The molecule has 1 aromatic carbocycles. The van der Waals surface area contributed by atoms with E-state index in [-0.39, 0.29) is 29.9 Å². The van der Waals surface area contributed by atoms with Crippen molar-refractivity contribution in [2.75, 3.05) is 27.9 Å². The number of esters is 1. The van der Waals surface area contributed by atoms with Gasteiger partial charge in [-0.3, -0.25) is 4.79 Å². The molecule has 0 unspecified atom stereocenters. The highest BCUT2D eigenvalue weighted by atomic mass is 16.5. The van der Waals surface area contributed by atoms with Gasteiger partial charge in [-0.1, -0.05) is 19.8 Å². The molecule has 7 heteroatoms. The van der Waals surface area contributed by atoms with Crippen molar-refractivity contribution in [3.8, 4) is 17.2 Å². The molecule has 0 spiro atoms. The quantitative estimate of drug-likeness (QED) is 0.748. The second-order valence-corrected chi connectivity index (χ2v) is 6.42. The average molecular weight is 365 g/mol. The van der Waals surface area contributed by atoms with E-state index in [9.17, 15) is 9.59 Å². The Kier molecular flexibility index (Phi) is 7.12. The third kappa shape index (κ3) is 4.80. The summed E-state index contributed by atoms with van der Waals surface area (Å²) in [4.78, 5) is 24.5. The predicted octanol–water partition coefficient (Wildman–Crippen LogP) is 2.56. The summed E-state index contributed by atoms with van der Waals surface area (Å²) in [6.07, 6.45) is 4.37. The monoisotopic (exact) mass is 365 g/mol. The van der Waals surface area contributed by atoms with Crippen LogP contribution < -0.4 is 19.5 Å². The molecule has 144 valence electrons. The SMILES string of the molecule is COc1cc(OC)c(C(=O)OCC(=O)N[C@H]2CCCC[C@@H]2C)cc1OC. The Morgan fingerprint density at radius 1 is 1.00 bits per heavy atom. The molecule has 2 atom stereocenters. The Hall–Kier alpha value is -2.44. The lowest BCUT2D eigenvalue weighted by Crippen LogP contribution is -2.42. The van der Waals surface area contributed by atoms with Crippen LogP contribution in [0.25, 0.3) is 0 Å². The molecule has 2 rings (SSSR count). The van der Waals surface area contributed by atoms with Crippen molar-refractivity contribution in [2.45, 2.75) is 38.6 Å². The minimum absolute atomic E-state index is 0.144. The molecule has 0 bridgehead atoms. The fraction of sp³-hybridized carbons (Fsp3) is 0.579. The Bertz CT molecular complexity index is 645. The van der Waals surface area contributed by atoms with E-state index in [0.717, 1.165) is 19.3 Å². The zero-order valence-corrected chi connectivity index (χ0v) is 15.8. The van der Waals surface area contributed by atoms with Gasteiger partial charge in [0.2, 0.25) is 0 Å². The summed E-state index contributed by atoms with van der Waals surface area (Å²) in [5.74, 6) is 0.583. The van der Waals surface area contributed by atoms with Crippen molar-refractivity contribution < 1.29 is 28.5 Å². The smallest absolute Gasteiger partial charge is 0.342 e. The van der Waals surface area contributed by atoms with Crippen LogP contribution in [-0.2, 0) is 9.53 Å². The van der Waals surface area contributed by atoms with E-state index in [1.807, 2.05) is 0 Å². The van der Waals surface area contributed by atoms with Crippen molar-refractivity contribution >= 4 is 11.9 Å². The van der Waals surface area contributed by atoms with Crippen molar-refractivity contribution in [2.24, 2.45) is 5.92 Å². The van der Waals surface area contributed by atoms with Crippen LogP contribution in [0.15, 0.2) is 12.1 Å². The summed E-state index contributed by atoms with van der Waals surface area (Å²) in [5.41, 5.74) is 0.170. The van der Waals surface area contributed by atoms with Gasteiger partial charge < -0.3 is 24.3 Å². The number of carbonyl (C=O) groups excluding carboxylic acids is 2. The molecule has 1 saturated carbocycles. The second-order valence-electron chi connectivity index (χ2n) is 6.42. The molecule has 1 aliphatic rings. The van der Waals surface area contributed by atoms with Crippen molar-refractivity contribution in [1.29, 1.82) is 0 Å². The van der Waals surface area contributed by atoms with E-state index in [1.54, 1.807) is 6.07 Å². The average Bonchev–Trinajstić information content (AvgIpc) is 2.66. The van der Waals surface area contributed by atoms with E-state index in [2.05, 4.69) is 12.2 Å². The van der Waals surface area contributed by atoms with E-state index in [1.165, 1.54) is 33.8 Å². The van der Waals surface area contributed by atoms with Crippen molar-refractivity contribution in [1.82, 2.24) is 5.32 Å². The molecule has 0 radical (unpaired) electrons. The lowest BCUT2D eigenvalue weighted by molar-refractivity contribution is -0.125. The number of amides is 1. The number of hydrogen-bond acceptors (Lipinski definition) is 6. The first-order valence-corrected chi connectivity index (χ1v) is 8.76. The first-order valence-electron chi connectivity index (χ1n) is 8.76. The van der Waals surface area contributed by atoms with Gasteiger partial charge in [-0.15, -0.1) is 0 Å². The molecule has 0 aliphatic heterocycles. The number of carbonyl (C=O) groups is 2. The lowest BCUT2D eigenvalue weighted by Gasteiger charge is -2.29. The number of hydrogen-bond donors (Lipinski definition) is 1. The number of nitrogens with one attached hydrogen (secondary N) is 1. The van der Waals surface area contributed by atoms with Gasteiger partial charge in [0.05, 0.1) is 21.3 Å². The first-order chi connectivity index (χ1) is 12.5. The number of benzene rings is 1. The highest BCUT2D eigenvalue weighted by molar-refractivity contribution is 5.95. The highest BCUT2D eigenvalue weighted by Crippen LogP contribution is 2.34. The summed E-state index contributed by atoms with van der Waals surface area (Å²) in [7, 11) is 4.40. The molecule has 26 heavy (non-hydrogen) atoms. The van der Waals surface area contributed by atoms with E-state index >= 15 is 0 Å². The molecular weight excluding hydrogens is 338 g/mol. The lowest BCUT2D eigenvalue weighted by atomic mass is 9.86. The van der Waals surface area contributed by atoms with Crippen molar-refractivity contribution in [3.05, 3.63) is 17.7 Å². The van der Waals surface area contributed by atoms with E-state index in [0.29, 0.717) is 17.4 Å². The van der Waals surface area contributed by atoms with Crippen LogP contribution in [0.4, 0.5) is 0 Å². The predicted molar refractivity (Wildman–Crippen MR) is 95.9 cm³/mol. The number of ether oxygens (including phenoxy) is 4. The van der Waals surface area contributed by atoms with Crippen LogP contribution in [0.2, 0.25) is 0 Å². The Morgan fingerprint density at radius 2 is 1.62 bits per heavy atom. The topological polar surface area (TPSA) is 83.1 Å². The molecule has 1 N–H and O–H groups in total. The van der Waals surface area contributed by atoms with Gasteiger partial charge in [-0.25, -0.2) is 4.79 Å². The fourth-order valence-corrected chi connectivity index (χ4v) is 3.18. The van der Waals surface area contributed by atoms with Crippen LogP contribution in [0, 0.1) is 5.92 Å². The van der Waals surface area contributed by atoms with Gasteiger partial charge in [0.25, 0.3) is 5.91 Å². The number of rotatable bonds is 7. The summed E-state index contributed by atoms with van der Waals surface area (Å²) in [6, 6.07) is 3.16. The zero-order valence-electron chi connectivity index (χ0n) is 15.8. The van der Waals surface area contributed by atoms with Gasteiger partial charge in [0, 0.05) is 18.2 Å². The normalized spacial score (nSPS) is 19.4. The summed E-state index contributed by atoms with van der Waals surface area (Å²) in [5, 5.41) is 2.95. The van der Waals surface area contributed by atoms with Gasteiger partial charge in [-0.2, -0.15) is 0 Å². The molecule has 0 heterocycles. The summed E-state index contributed by atoms with van der Waals surface area (Å²) in [6.45, 7) is 1.80. The highest BCUT2D eigenvalue weighted by Gasteiger charge is 2.24. The zero-order chi connectivity index (χ0) is 19.1. The van der Waals surface area contributed by atoms with Crippen LogP contribution in [-0.4, -0.2) is 45.9 Å². The Morgan fingerprint density at radius 3 is 2.23 bits per heavy atom. The number of methoxy groups -OCH3 is 3. The molecule has 0 saturated heterocycles. The maximum absolute atomic E-state index is 12.4. The largest absolute Gasteiger partial charge is 0.496 e. The molecule has 1 aliphatic carbocycles. The molecule has 1 fully saturated rings. The molecule has 0 aromatic heterocycles. The van der Waals surface area contributed by atoms with Gasteiger partial charge in [0.1, 0.15) is 11.3 Å². The minimum atomic E-state index is -0.658. The van der Waals surface area contributed by atoms with Gasteiger partial charge >= 0.3 is 5.97 Å². The first kappa shape index (κ1) is 19.9. The summed E-state index contributed by atoms with van der Waals surface area (Å²) >= 11 is 0. The van der Waals surface area contributed by atoms with Crippen molar-refractivity contribution in [3.63, 3.8) is 0 Å². The van der Waals surface area contributed by atoms with Crippen LogP contribution in [0.5, 0.6) is 17.2 Å². The standard InChI is InChI=1S/C19H27NO6/c1-12-7-5-6-8-14(12)20-18(21)11-26-19(22)13-9-16(24-3)17(25-4)10-15(13)23-2/h9-10,12,14H,5-8,11H2,1-4H3,(H,20,21)/t12-,14-/m0/s1. The molecule has 1 amide bonds. The Balaban J connectivity index is 1.99. The summed E-state index contributed by atoms with van der Waals surface area (Å²) < 4.78 is 20.8. The van der Waals surface area contributed by atoms with Crippen LogP contribution in [0.1, 0.15) is 43.0 Å². The van der Waals surface area contributed by atoms with E-state index in [4.69, 9.17) is 18.9 Å². The van der Waals surface area contributed by atoms with Gasteiger partial charge in [-0.05, 0) is 18.8 Å². The second kappa shape index (κ2) is 9.31. The Labute approximate surface area is 153 Å².